The fourth-order valence-corrected chi connectivity index (χ4v) is 2.72. The topological polar surface area (TPSA) is 79.3 Å². The Kier molecular flexibility index (Phi) is 7.55. The molecule has 1 unspecified atom stereocenters. The van der Waals surface area contributed by atoms with Crippen LogP contribution in [-0.4, -0.2) is 55.2 Å². The Morgan fingerprint density at radius 2 is 2.00 bits per heavy atom. The SMILES string of the molecule is CC(CC(C)(C)C(=O)OCC[N+](C)(C)CCC(=O)[O-])c1cccnc1. The number of quaternary nitrogens is 1. The van der Waals surface area contributed by atoms with Gasteiger partial charge in [-0.25, -0.2) is 0 Å². The molecule has 0 aliphatic rings. The van der Waals surface area contributed by atoms with E-state index in [-0.39, 0.29) is 24.9 Å². The second kappa shape index (κ2) is 8.94. The van der Waals surface area contributed by atoms with Gasteiger partial charge in [-0.2, -0.15) is 0 Å². The average molecular weight is 350 g/mol. The highest BCUT2D eigenvalue weighted by Gasteiger charge is 2.32. The van der Waals surface area contributed by atoms with Crippen molar-refractivity contribution in [2.75, 3.05) is 33.8 Å². The summed E-state index contributed by atoms with van der Waals surface area (Å²) in [7, 11) is 3.82. The molecule has 1 aromatic heterocycles. The molecule has 6 nitrogen and oxygen atoms in total. The summed E-state index contributed by atoms with van der Waals surface area (Å²) in [5.41, 5.74) is 0.501. The van der Waals surface area contributed by atoms with Gasteiger partial charge in [-0.15, -0.1) is 0 Å². The van der Waals surface area contributed by atoms with Gasteiger partial charge in [-0.3, -0.25) is 9.78 Å². The van der Waals surface area contributed by atoms with Crippen molar-refractivity contribution in [3.05, 3.63) is 30.1 Å². The summed E-state index contributed by atoms with van der Waals surface area (Å²) in [6.45, 7) is 7.13. The van der Waals surface area contributed by atoms with Crippen molar-refractivity contribution >= 4 is 11.9 Å². The minimum absolute atomic E-state index is 0.00490. The van der Waals surface area contributed by atoms with Crippen molar-refractivity contribution in [2.24, 2.45) is 5.41 Å². The number of aromatic nitrogens is 1. The summed E-state index contributed by atoms with van der Waals surface area (Å²) < 4.78 is 5.92. The number of nitrogens with zero attached hydrogens (tertiary/aromatic N) is 2. The minimum Gasteiger partial charge on any atom is -0.550 e. The number of esters is 1. The normalized spacial score (nSPS) is 13.3. The Morgan fingerprint density at radius 3 is 2.56 bits per heavy atom. The molecule has 1 heterocycles. The summed E-state index contributed by atoms with van der Waals surface area (Å²) in [6, 6.07) is 3.90. The first-order valence-corrected chi connectivity index (χ1v) is 8.62. The van der Waals surface area contributed by atoms with Crippen molar-refractivity contribution < 1.29 is 23.9 Å². The van der Waals surface area contributed by atoms with E-state index >= 15 is 0 Å². The summed E-state index contributed by atoms with van der Waals surface area (Å²) in [5, 5.41) is 10.6. The van der Waals surface area contributed by atoms with Crippen LogP contribution in [0.3, 0.4) is 0 Å². The highest BCUT2D eigenvalue weighted by molar-refractivity contribution is 5.76. The van der Waals surface area contributed by atoms with E-state index in [9.17, 15) is 14.7 Å². The van der Waals surface area contributed by atoms with E-state index in [1.807, 2.05) is 46.3 Å². The number of rotatable bonds is 10. The lowest BCUT2D eigenvalue weighted by Gasteiger charge is -2.31. The number of carboxylic acids is 1. The molecule has 0 aliphatic carbocycles. The maximum Gasteiger partial charge on any atom is 0.311 e. The van der Waals surface area contributed by atoms with Crippen molar-refractivity contribution in [1.29, 1.82) is 0 Å². The molecule has 1 rings (SSSR count). The van der Waals surface area contributed by atoms with E-state index in [1.54, 1.807) is 6.20 Å². The molecule has 1 aromatic rings. The monoisotopic (exact) mass is 350 g/mol. The van der Waals surface area contributed by atoms with Gasteiger partial charge in [0, 0.05) is 24.8 Å². The Hall–Kier alpha value is -1.95. The van der Waals surface area contributed by atoms with E-state index < -0.39 is 11.4 Å². The fourth-order valence-electron chi connectivity index (χ4n) is 2.72. The number of hydrogen-bond donors (Lipinski definition) is 0. The molecule has 0 bridgehead atoms. The van der Waals surface area contributed by atoms with Crippen molar-refractivity contribution in [3.8, 4) is 0 Å². The number of hydrogen-bond acceptors (Lipinski definition) is 5. The van der Waals surface area contributed by atoms with E-state index in [2.05, 4.69) is 11.9 Å². The minimum atomic E-state index is -1.06. The average Bonchev–Trinajstić information content (AvgIpc) is 2.53. The van der Waals surface area contributed by atoms with Crippen LogP contribution in [-0.2, 0) is 14.3 Å². The molecule has 0 spiro atoms. The summed E-state index contributed by atoms with van der Waals surface area (Å²) >= 11 is 0. The largest absolute Gasteiger partial charge is 0.550 e. The third-order valence-electron chi connectivity index (χ3n) is 4.47. The van der Waals surface area contributed by atoms with Gasteiger partial charge in [0.15, 0.2) is 0 Å². The third-order valence-corrected chi connectivity index (χ3v) is 4.47. The number of pyridine rings is 1. The lowest BCUT2D eigenvalue weighted by atomic mass is 9.81. The van der Waals surface area contributed by atoms with Crippen LogP contribution in [0, 0.1) is 5.41 Å². The van der Waals surface area contributed by atoms with Gasteiger partial charge in [0.2, 0.25) is 0 Å². The van der Waals surface area contributed by atoms with E-state index in [0.717, 1.165) is 5.56 Å². The highest BCUT2D eigenvalue weighted by atomic mass is 16.5. The first-order chi connectivity index (χ1) is 11.5. The summed E-state index contributed by atoms with van der Waals surface area (Å²) in [4.78, 5) is 27.1. The number of aliphatic carboxylic acids is 1. The molecule has 0 aromatic carbocycles. The highest BCUT2D eigenvalue weighted by Crippen LogP contribution is 2.32. The van der Waals surface area contributed by atoms with Crippen LogP contribution in [0.4, 0.5) is 0 Å². The van der Waals surface area contributed by atoms with Crippen LogP contribution < -0.4 is 5.11 Å². The maximum atomic E-state index is 12.4. The van der Waals surface area contributed by atoms with Crippen LogP contribution in [0.25, 0.3) is 0 Å². The zero-order chi connectivity index (χ0) is 19.1. The zero-order valence-electron chi connectivity index (χ0n) is 15.9. The lowest BCUT2D eigenvalue weighted by Crippen LogP contribution is -2.45. The van der Waals surface area contributed by atoms with E-state index in [0.29, 0.717) is 24.0 Å². The van der Waals surface area contributed by atoms with Gasteiger partial charge in [-0.05, 0) is 37.8 Å². The molecule has 0 amide bonds. The van der Waals surface area contributed by atoms with E-state index in [4.69, 9.17) is 4.74 Å². The Morgan fingerprint density at radius 1 is 1.32 bits per heavy atom. The van der Waals surface area contributed by atoms with Crippen molar-refractivity contribution in [3.63, 3.8) is 0 Å². The molecular formula is C19H30N2O4. The smallest absolute Gasteiger partial charge is 0.311 e. The van der Waals surface area contributed by atoms with Crippen molar-refractivity contribution in [1.82, 2.24) is 4.98 Å². The van der Waals surface area contributed by atoms with Gasteiger partial charge < -0.3 is 19.1 Å². The van der Waals surface area contributed by atoms with Gasteiger partial charge in [-0.1, -0.05) is 13.0 Å². The van der Waals surface area contributed by atoms with Crippen LogP contribution in [0.1, 0.15) is 45.1 Å². The quantitative estimate of drug-likeness (QED) is 0.470. The molecule has 140 valence electrons. The third kappa shape index (κ3) is 7.65. The number of carbonyl (C=O) groups is 2. The molecule has 0 saturated carbocycles. The predicted octanol–water partition coefficient (Wildman–Crippen LogP) is 1.36. The lowest BCUT2D eigenvalue weighted by molar-refractivity contribution is -0.890. The first kappa shape index (κ1) is 21.1. The van der Waals surface area contributed by atoms with Crippen molar-refractivity contribution in [2.45, 2.75) is 39.5 Å². The molecule has 6 heteroatoms. The van der Waals surface area contributed by atoms with Crippen LogP contribution >= 0.6 is 0 Å². The van der Waals surface area contributed by atoms with Gasteiger partial charge in [0.25, 0.3) is 0 Å². The molecule has 1 atom stereocenters. The fraction of sp³-hybridized carbons (Fsp3) is 0.632. The number of ether oxygens (including phenoxy) is 1. The number of likely N-dealkylation sites (N-methyl/N-ethyl adjacent to an activating group) is 1. The number of carbonyl (C=O) groups excluding carboxylic acids is 2. The zero-order valence-corrected chi connectivity index (χ0v) is 15.9. The maximum absolute atomic E-state index is 12.4. The van der Waals surface area contributed by atoms with Crippen LogP contribution in [0.5, 0.6) is 0 Å². The summed E-state index contributed by atoms with van der Waals surface area (Å²) in [6.07, 6.45) is 4.22. The van der Waals surface area contributed by atoms with E-state index in [1.165, 1.54) is 0 Å². The standard InChI is InChI=1S/C19H30N2O4/c1-15(16-7-6-9-20-14-16)13-19(2,3)18(24)25-12-11-21(4,5)10-8-17(22)23/h6-7,9,14-15H,8,10-13H2,1-5H3. The first-order valence-electron chi connectivity index (χ1n) is 8.62. The predicted molar refractivity (Wildman–Crippen MR) is 93.5 cm³/mol. The molecular weight excluding hydrogens is 320 g/mol. The van der Waals surface area contributed by atoms with Crippen LogP contribution in [0.2, 0.25) is 0 Å². The number of carboxylic acid groups (broad SMARTS) is 1. The molecule has 0 radical (unpaired) electrons. The molecule has 0 fully saturated rings. The second-order valence-electron chi connectivity index (χ2n) is 7.92. The Bertz CT molecular complexity index is 570. The molecule has 0 aliphatic heterocycles. The van der Waals surface area contributed by atoms with Gasteiger partial charge in [0.1, 0.15) is 13.2 Å². The Labute approximate surface area is 150 Å². The molecule has 0 saturated heterocycles. The van der Waals surface area contributed by atoms with Gasteiger partial charge >= 0.3 is 5.97 Å². The van der Waals surface area contributed by atoms with Crippen LogP contribution in [0.15, 0.2) is 24.5 Å². The molecule has 25 heavy (non-hydrogen) atoms. The molecule has 0 N–H and O–H groups in total. The Balaban J connectivity index is 2.48. The summed E-state index contributed by atoms with van der Waals surface area (Å²) in [5.74, 6) is -1.09. The second-order valence-corrected chi connectivity index (χ2v) is 7.92. The van der Waals surface area contributed by atoms with Gasteiger partial charge in [0.05, 0.1) is 26.1 Å².